The Morgan fingerprint density at radius 2 is 1.61 bits per heavy atom. The van der Waals surface area contributed by atoms with Crippen LogP contribution in [0.4, 0.5) is 24.5 Å². The molecule has 9 heteroatoms. The third-order valence-electron chi connectivity index (χ3n) is 5.98. The molecule has 3 aromatic carbocycles. The predicted octanol–water partition coefficient (Wildman–Crippen LogP) is 5.41. The second kappa shape index (κ2) is 9.41. The Labute approximate surface area is 205 Å². The highest BCUT2D eigenvalue weighted by atomic mass is 19.4. The first-order chi connectivity index (χ1) is 17.0. The lowest BCUT2D eigenvalue weighted by molar-refractivity contribution is -0.137. The van der Waals surface area contributed by atoms with Crippen LogP contribution >= 0.6 is 0 Å². The number of carbonyl (C=O) groups is 2. The van der Waals surface area contributed by atoms with Gasteiger partial charge in [0.15, 0.2) is 0 Å². The van der Waals surface area contributed by atoms with Gasteiger partial charge < -0.3 is 14.7 Å². The van der Waals surface area contributed by atoms with Gasteiger partial charge in [-0.15, -0.1) is 0 Å². The van der Waals surface area contributed by atoms with E-state index in [1.165, 1.54) is 31.4 Å². The van der Waals surface area contributed by atoms with Crippen molar-refractivity contribution in [2.45, 2.75) is 12.2 Å². The zero-order chi connectivity index (χ0) is 26.2. The van der Waals surface area contributed by atoms with Crippen LogP contribution in [0.5, 0.6) is 5.75 Å². The first-order valence-corrected chi connectivity index (χ1v) is 10.9. The van der Waals surface area contributed by atoms with Crippen LogP contribution in [0.3, 0.4) is 0 Å². The molecule has 1 aliphatic heterocycles. The highest BCUT2D eigenvalue weighted by Crippen LogP contribution is 2.43. The number of methoxy groups -OCH3 is 1. The van der Waals surface area contributed by atoms with E-state index in [0.29, 0.717) is 11.3 Å². The lowest BCUT2D eigenvalue weighted by Gasteiger charge is -2.26. The average molecular weight is 496 g/mol. The Morgan fingerprint density at radius 1 is 0.972 bits per heavy atom. The number of hydrogen-bond acceptors (Lipinski definition) is 5. The van der Waals surface area contributed by atoms with Crippen LogP contribution in [0.1, 0.15) is 22.7 Å². The molecule has 0 aliphatic carbocycles. The number of ether oxygens (including phenoxy) is 1. The second-order valence-electron chi connectivity index (χ2n) is 8.43. The van der Waals surface area contributed by atoms with Crippen molar-refractivity contribution in [1.82, 2.24) is 0 Å². The number of hydrogen-bond donors (Lipinski definition) is 1. The van der Waals surface area contributed by atoms with Crippen LogP contribution in [0.2, 0.25) is 0 Å². The smallest absolute Gasteiger partial charge is 0.416 e. The number of amides is 1. The van der Waals surface area contributed by atoms with E-state index in [1.807, 2.05) is 19.0 Å². The summed E-state index contributed by atoms with van der Waals surface area (Å²) in [7, 11) is 5.16. The summed E-state index contributed by atoms with van der Waals surface area (Å²) < 4.78 is 45.4. The second-order valence-corrected chi connectivity index (χ2v) is 8.43. The Hall–Kier alpha value is -4.27. The number of aliphatic hydroxyl groups excluding tert-OH is 1. The van der Waals surface area contributed by atoms with E-state index in [1.54, 1.807) is 36.4 Å². The molecule has 3 aromatic rings. The maximum absolute atomic E-state index is 13.4. The SMILES string of the molecule is COc1ccc(/C(O)=C2\C(=O)C(=O)N(c3cccc(C(F)(F)F)c3)C2c2ccc(N(C)C)cc2)cc1. The van der Waals surface area contributed by atoms with Crippen molar-refractivity contribution >= 4 is 28.8 Å². The summed E-state index contributed by atoms with van der Waals surface area (Å²) in [4.78, 5) is 29.2. The number of Topliss-reactive ketones (excluding diaryl/α,β-unsaturated/α-hetero) is 1. The summed E-state index contributed by atoms with van der Waals surface area (Å²) in [5.41, 5.74) is 0.256. The molecule has 1 N–H and O–H groups in total. The minimum absolute atomic E-state index is 0.109. The van der Waals surface area contributed by atoms with Crippen LogP contribution in [0.25, 0.3) is 5.76 Å². The van der Waals surface area contributed by atoms with Crippen molar-refractivity contribution in [3.8, 4) is 5.75 Å². The van der Waals surface area contributed by atoms with Crippen molar-refractivity contribution in [3.05, 3.63) is 95.1 Å². The van der Waals surface area contributed by atoms with E-state index < -0.39 is 35.2 Å². The lowest BCUT2D eigenvalue weighted by Crippen LogP contribution is -2.29. The lowest BCUT2D eigenvalue weighted by atomic mass is 9.94. The van der Waals surface area contributed by atoms with Gasteiger partial charge in [-0.3, -0.25) is 14.5 Å². The van der Waals surface area contributed by atoms with Gasteiger partial charge in [-0.25, -0.2) is 0 Å². The van der Waals surface area contributed by atoms with E-state index in [4.69, 9.17) is 4.74 Å². The molecule has 0 saturated carbocycles. The van der Waals surface area contributed by atoms with Crippen LogP contribution in [-0.2, 0) is 15.8 Å². The molecule has 4 rings (SSSR count). The summed E-state index contributed by atoms with van der Waals surface area (Å²) in [5.74, 6) is -1.95. The Kier molecular flexibility index (Phi) is 6.49. The maximum Gasteiger partial charge on any atom is 0.416 e. The van der Waals surface area contributed by atoms with Crippen LogP contribution in [0, 0.1) is 0 Å². The standard InChI is InChI=1S/C27H23F3N2O4/c1-31(2)19-11-7-16(8-12-19)23-22(24(33)17-9-13-21(36-3)14-10-17)25(34)26(35)32(23)20-6-4-5-18(15-20)27(28,29)30/h4-15,23,33H,1-3H3/b24-22+. The minimum atomic E-state index is -4.64. The first kappa shape index (κ1) is 24.8. The fraction of sp³-hybridized carbons (Fsp3) is 0.185. The number of anilines is 2. The van der Waals surface area contributed by atoms with Crippen molar-refractivity contribution in [3.63, 3.8) is 0 Å². The summed E-state index contributed by atoms with van der Waals surface area (Å²) in [6.45, 7) is 0. The summed E-state index contributed by atoms with van der Waals surface area (Å²) in [6.07, 6.45) is -4.64. The number of nitrogens with zero attached hydrogens (tertiary/aromatic N) is 2. The maximum atomic E-state index is 13.4. The molecule has 1 fully saturated rings. The molecule has 1 amide bonds. The van der Waals surface area contributed by atoms with Gasteiger partial charge in [0.25, 0.3) is 11.7 Å². The topological polar surface area (TPSA) is 70.1 Å². The third-order valence-corrected chi connectivity index (χ3v) is 5.98. The number of halogens is 3. The third kappa shape index (κ3) is 4.51. The van der Waals surface area contributed by atoms with Gasteiger partial charge in [0.1, 0.15) is 11.5 Å². The number of carbonyl (C=O) groups excluding carboxylic acids is 2. The van der Waals surface area contributed by atoms with E-state index in [2.05, 4.69) is 0 Å². The van der Waals surface area contributed by atoms with Gasteiger partial charge in [0.2, 0.25) is 0 Å². The average Bonchev–Trinajstić information content (AvgIpc) is 3.13. The molecule has 1 heterocycles. The van der Waals surface area contributed by atoms with Crippen molar-refractivity contribution in [2.24, 2.45) is 0 Å². The molecule has 0 aromatic heterocycles. The molecule has 0 spiro atoms. The fourth-order valence-electron chi connectivity index (χ4n) is 4.11. The molecular formula is C27H23F3N2O4. The summed E-state index contributed by atoms with van der Waals surface area (Å²) in [6, 6.07) is 16.1. The highest BCUT2D eigenvalue weighted by molar-refractivity contribution is 6.51. The number of benzene rings is 3. The predicted molar refractivity (Wildman–Crippen MR) is 130 cm³/mol. The van der Waals surface area contributed by atoms with Crippen LogP contribution < -0.4 is 14.5 Å². The van der Waals surface area contributed by atoms with E-state index in [0.717, 1.165) is 22.7 Å². The molecule has 1 unspecified atom stereocenters. The Morgan fingerprint density at radius 3 is 2.17 bits per heavy atom. The Balaban J connectivity index is 1.92. The molecule has 0 bridgehead atoms. The van der Waals surface area contributed by atoms with Gasteiger partial charge in [-0.1, -0.05) is 18.2 Å². The largest absolute Gasteiger partial charge is 0.507 e. The molecule has 1 atom stereocenters. The molecular weight excluding hydrogens is 473 g/mol. The number of aliphatic hydroxyl groups is 1. The van der Waals surface area contributed by atoms with Crippen LogP contribution in [0.15, 0.2) is 78.4 Å². The number of rotatable bonds is 5. The summed E-state index contributed by atoms with van der Waals surface area (Å²) >= 11 is 0. The zero-order valence-electron chi connectivity index (χ0n) is 19.7. The van der Waals surface area contributed by atoms with Gasteiger partial charge in [0, 0.05) is 31.0 Å². The van der Waals surface area contributed by atoms with Gasteiger partial charge in [-0.2, -0.15) is 13.2 Å². The van der Waals surface area contributed by atoms with Crippen molar-refractivity contribution in [2.75, 3.05) is 31.0 Å². The molecule has 186 valence electrons. The van der Waals surface area contributed by atoms with Crippen molar-refractivity contribution < 1.29 is 32.6 Å². The molecule has 36 heavy (non-hydrogen) atoms. The molecule has 6 nitrogen and oxygen atoms in total. The monoisotopic (exact) mass is 496 g/mol. The van der Waals surface area contributed by atoms with Gasteiger partial charge >= 0.3 is 6.18 Å². The van der Waals surface area contributed by atoms with E-state index in [9.17, 15) is 27.9 Å². The van der Waals surface area contributed by atoms with E-state index >= 15 is 0 Å². The van der Waals surface area contributed by atoms with Crippen LogP contribution in [-0.4, -0.2) is 38.0 Å². The highest BCUT2D eigenvalue weighted by Gasteiger charge is 2.47. The molecule has 0 radical (unpaired) electrons. The minimum Gasteiger partial charge on any atom is -0.507 e. The van der Waals surface area contributed by atoms with Crippen molar-refractivity contribution in [1.29, 1.82) is 0 Å². The molecule has 1 saturated heterocycles. The van der Waals surface area contributed by atoms with Gasteiger partial charge in [-0.05, 0) is 60.2 Å². The van der Waals surface area contributed by atoms with E-state index in [-0.39, 0.29) is 16.8 Å². The Bertz CT molecular complexity index is 1330. The quantitative estimate of drug-likeness (QED) is 0.291. The molecule has 1 aliphatic rings. The number of alkyl halides is 3. The number of ketones is 1. The summed E-state index contributed by atoms with van der Waals surface area (Å²) in [5, 5.41) is 11.1. The normalized spacial score (nSPS) is 17.4. The zero-order valence-corrected chi connectivity index (χ0v) is 19.7. The fourth-order valence-corrected chi connectivity index (χ4v) is 4.11. The van der Waals surface area contributed by atoms with Gasteiger partial charge in [0.05, 0.1) is 24.3 Å². The first-order valence-electron chi connectivity index (χ1n) is 10.9.